The zero-order valence-electron chi connectivity index (χ0n) is 27.0. The zero-order valence-corrected chi connectivity index (χ0v) is 28.6. The van der Waals surface area contributed by atoms with Crippen LogP contribution >= 0.6 is 22.7 Å². The van der Waals surface area contributed by atoms with E-state index >= 15 is 0 Å². The second kappa shape index (κ2) is 14.8. The van der Waals surface area contributed by atoms with E-state index in [9.17, 15) is 14.3 Å². The number of ether oxygens (including phenoxy) is 1. The number of thiazole rings is 2. The number of halogens is 1. The number of rotatable bonds is 10. The maximum Gasteiger partial charge on any atom is 0.355 e. The van der Waals surface area contributed by atoms with Gasteiger partial charge in [0.15, 0.2) is 39.2 Å². The number of fused-ring (bicyclic) bond motifs is 2. The Morgan fingerprint density at radius 3 is 2.80 bits per heavy atom. The van der Waals surface area contributed by atoms with Gasteiger partial charge in [0.2, 0.25) is 0 Å². The molecule has 0 amide bonds. The Kier molecular flexibility index (Phi) is 9.94. The van der Waals surface area contributed by atoms with Crippen LogP contribution in [0.5, 0.6) is 5.75 Å². The smallest absolute Gasteiger partial charge is 0.355 e. The van der Waals surface area contributed by atoms with E-state index in [1.54, 1.807) is 23.5 Å². The molecule has 0 saturated carbocycles. The van der Waals surface area contributed by atoms with E-state index in [-0.39, 0.29) is 18.1 Å². The molecule has 0 spiro atoms. The molecule has 5 aromatic rings. The standard InChI is InChI=1S/C35H35FN8O3S2/c1-22-24-8-5-17-44(32(24)42-41-31(22)40-34-38-26-9-2-3-10-28(26)48-34)35-39-30(33(45)46)29(49-35)11-6-20-47-27-13-12-23(21-25(27)36)7-4-16-43-18-14-37-15-19-43/h2-3,9-10,12-13,21,37H,5-6,8,11,14-20H2,1H3,(H,45,46)(H,38,40,41). The fourth-order valence-electron chi connectivity index (χ4n) is 5.94. The van der Waals surface area contributed by atoms with Gasteiger partial charge in [0.25, 0.3) is 0 Å². The Bertz CT molecular complexity index is 2020. The molecule has 49 heavy (non-hydrogen) atoms. The second-order valence-corrected chi connectivity index (χ2v) is 13.9. The summed E-state index contributed by atoms with van der Waals surface area (Å²) in [5, 5.41) is 27.0. The predicted molar refractivity (Wildman–Crippen MR) is 190 cm³/mol. The summed E-state index contributed by atoms with van der Waals surface area (Å²) in [5.41, 5.74) is 3.56. The predicted octanol–water partition coefficient (Wildman–Crippen LogP) is 5.78. The number of aryl methyl sites for hydroxylation is 1. The van der Waals surface area contributed by atoms with Crippen LogP contribution in [0.25, 0.3) is 10.2 Å². The lowest BCUT2D eigenvalue weighted by atomic mass is 10.0. The maximum atomic E-state index is 14.8. The third-order valence-electron chi connectivity index (χ3n) is 8.51. The third-order valence-corrected chi connectivity index (χ3v) is 10.6. The van der Waals surface area contributed by atoms with E-state index in [2.05, 4.69) is 47.5 Å². The Balaban J connectivity index is 0.991. The third kappa shape index (κ3) is 7.50. The molecule has 1 saturated heterocycles. The van der Waals surface area contributed by atoms with Crippen molar-refractivity contribution in [3.63, 3.8) is 0 Å². The molecule has 3 N–H and O–H groups in total. The number of para-hydroxylation sites is 1. The zero-order chi connectivity index (χ0) is 33.7. The van der Waals surface area contributed by atoms with Crippen molar-refractivity contribution in [2.45, 2.75) is 32.6 Å². The van der Waals surface area contributed by atoms with Crippen LogP contribution in [0.1, 0.15) is 44.9 Å². The lowest BCUT2D eigenvalue weighted by Crippen LogP contribution is -2.43. The van der Waals surface area contributed by atoms with E-state index < -0.39 is 11.8 Å². The molecule has 0 aliphatic carbocycles. The monoisotopic (exact) mass is 698 g/mol. The van der Waals surface area contributed by atoms with Crippen molar-refractivity contribution < 1.29 is 19.0 Å². The molecular formula is C35H35FN8O3S2. The van der Waals surface area contributed by atoms with E-state index in [1.165, 1.54) is 17.4 Å². The molecule has 0 atom stereocenters. The van der Waals surface area contributed by atoms with Gasteiger partial charge in [-0.2, -0.15) is 0 Å². The Morgan fingerprint density at radius 1 is 1.12 bits per heavy atom. The first kappa shape index (κ1) is 32.8. The van der Waals surface area contributed by atoms with Gasteiger partial charge in [-0.15, -0.1) is 21.5 Å². The molecule has 1 fully saturated rings. The number of carboxylic acids is 1. The van der Waals surface area contributed by atoms with Crippen LogP contribution in [0.2, 0.25) is 0 Å². The van der Waals surface area contributed by atoms with Crippen molar-refractivity contribution in [2.24, 2.45) is 0 Å². The lowest BCUT2D eigenvalue weighted by Gasteiger charge is -2.28. The van der Waals surface area contributed by atoms with Gasteiger partial charge in [0, 0.05) is 54.3 Å². The molecule has 2 aliphatic heterocycles. The fourth-order valence-corrected chi connectivity index (χ4v) is 7.92. The highest BCUT2D eigenvalue weighted by Gasteiger charge is 2.28. The average molecular weight is 699 g/mol. The highest BCUT2D eigenvalue weighted by Crippen LogP contribution is 2.39. The summed E-state index contributed by atoms with van der Waals surface area (Å²) in [6.45, 7) is 7.37. The fraction of sp³-hybridized carbons (Fsp3) is 0.343. The van der Waals surface area contributed by atoms with Crippen molar-refractivity contribution in [1.82, 2.24) is 30.4 Å². The van der Waals surface area contributed by atoms with Crippen molar-refractivity contribution in [1.29, 1.82) is 0 Å². The van der Waals surface area contributed by atoms with Crippen molar-refractivity contribution in [3.05, 3.63) is 75.5 Å². The highest BCUT2D eigenvalue weighted by atomic mass is 32.1. The van der Waals surface area contributed by atoms with E-state index in [0.29, 0.717) is 53.1 Å². The average Bonchev–Trinajstić information content (AvgIpc) is 3.73. The van der Waals surface area contributed by atoms with Crippen LogP contribution in [-0.2, 0) is 12.8 Å². The van der Waals surface area contributed by atoms with Gasteiger partial charge in [-0.05, 0) is 62.9 Å². The summed E-state index contributed by atoms with van der Waals surface area (Å²) in [5.74, 6) is 6.08. The Labute approximate surface area is 291 Å². The van der Waals surface area contributed by atoms with Crippen LogP contribution in [0, 0.1) is 24.6 Å². The Morgan fingerprint density at radius 2 is 1.98 bits per heavy atom. The highest BCUT2D eigenvalue weighted by molar-refractivity contribution is 7.22. The van der Waals surface area contributed by atoms with Crippen LogP contribution in [0.3, 0.4) is 0 Å². The van der Waals surface area contributed by atoms with Crippen LogP contribution < -0.4 is 20.3 Å². The van der Waals surface area contributed by atoms with Gasteiger partial charge in [-0.1, -0.05) is 35.3 Å². The number of hydrogen-bond acceptors (Lipinski definition) is 12. The lowest BCUT2D eigenvalue weighted by molar-refractivity contribution is 0.0690. The van der Waals surface area contributed by atoms with Gasteiger partial charge in [-0.25, -0.2) is 19.2 Å². The van der Waals surface area contributed by atoms with Gasteiger partial charge in [-0.3, -0.25) is 4.90 Å². The number of hydrogen-bond donors (Lipinski definition) is 3. The topological polar surface area (TPSA) is 129 Å². The van der Waals surface area contributed by atoms with Gasteiger partial charge in [0.1, 0.15) is 0 Å². The molecule has 2 aliphatic rings. The Hall–Kier alpha value is -4.68. The first-order valence-corrected chi connectivity index (χ1v) is 17.9. The summed E-state index contributed by atoms with van der Waals surface area (Å²) in [6.07, 6.45) is 2.60. The summed E-state index contributed by atoms with van der Waals surface area (Å²) >= 11 is 2.89. The van der Waals surface area contributed by atoms with E-state index in [0.717, 1.165) is 65.5 Å². The number of aromatic nitrogens is 4. The molecule has 14 heteroatoms. The molecule has 252 valence electrons. The molecular weight excluding hydrogens is 664 g/mol. The number of benzene rings is 2. The summed E-state index contributed by atoms with van der Waals surface area (Å²) < 4.78 is 21.6. The van der Waals surface area contributed by atoms with Crippen molar-refractivity contribution >= 4 is 60.8 Å². The molecule has 7 rings (SSSR count). The normalized spacial score (nSPS) is 14.7. The molecule has 5 heterocycles. The van der Waals surface area contributed by atoms with Crippen LogP contribution in [0.4, 0.5) is 26.3 Å². The van der Waals surface area contributed by atoms with E-state index in [4.69, 9.17) is 4.74 Å². The molecule has 2 aromatic carbocycles. The molecule has 0 bridgehead atoms. The number of carbonyl (C=O) groups is 1. The maximum absolute atomic E-state index is 14.8. The van der Waals surface area contributed by atoms with Crippen LogP contribution in [-0.4, -0.2) is 82.0 Å². The number of carboxylic acid groups (broad SMARTS) is 1. The number of nitrogens with one attached hydrogen (secondary N) is 2. The largest absolute Gasteiger partial charge is 0.491 e. The number of aromatic carboxylic acids is 1. The van der Waals surface area contributed by atoms with E-state index in [1.807, 2.05) is 36.1 Å². The summed E-state index contributed by atoms with van der Waals surface area (Å²) in [7, 11) is 0. The number of anilines is 4. The van der Waals surface area contributed by atoms with Crippen molar-refractivity contribution in [2.75, 3.05) is 56.1 Å². The molecule has 3 aromatic heterocycles. The van der Waals surface area contributed by atoms with Gasteiger partial charge in [0.05, 0.1) is 23.4 Å². The van der Waals surface area contributed by atoms with Crippen LogP contribution in [0.15, 0.2) is 42.5 Å². The summed E-state index contributed by atoms with van der Waals surface area (Å²) in [4.78, 5) is 26.2. The SMILES string of the molecule is Cc1c(Nc2nc3ccccc3s2)nnc2c1CCCN2c1nc(C(=O)O)c(CCCOc2ccc(C#CCN3CCNCC3)cc2F)s1. The minimum Gasteiger partial charge on any atom is -0.491 e. The minimum atomic E-state index is -1.09. The second-order valence-electron chi connectivity index (χ2n) is 11.8. The molecule has 0 radical (unpaired) electrons. The van der Waals surface area contributed by atoms with Gasteiger partial charge < -0.3 is 25.4 Å². The number of nitrogens with zero attached hydrogens (tertiary/aromatic N) is 6. The minimum absolute atomic E-state index is 0.0147. The molecule has 0 unspecified atom stereocenters. The quantitative estimate of drug-likeness (QED) is 0.121. The summed E-state index contributed by atoms with van der Waals surface area (Å²) in [6, 6.07) is 12.7. The molecule has 11 nitrogen and oxygen atoms in total. The first-order valence-electron chi connectivity index (χ1n) is 16.3. The number of piperazine rings is 1. The van der Waals surface area contributed by atoms with Gasteiger partial charge >= 0.3 is 5.97 Å². The first-order chi connectivity index (χ1) is 23.9. The van der Waals surface area contributed by atoms with Crippen molar-refractivity contribution in [3.8, 4) is 17.6 Å².